The topological polar surface area (TPSA) is 97.5 Å². The maximum absolute atomic E-state index is 13.3. The summed E-state index contributed by atoms with van der Waals surface area (Å²) in [5, 5.41) is 14.1. The van der Waals surface area contributed by atoms with Crippen LogP contribution in [0.4, 0.5) is 5.69 Å². The molecule has 9 heteroatoms. The van der Waals surface area contributed by atoms with E-state index in [1.54, 1.807) is 4.31 Å². The van der Waals surface area contributed by atoms with E-state index in [1.165, 1.54) is 24.3 Å². The molecule has 3 heterocycles. The maximum atomic E-state index is 13.3. The van der Waals surface area contributed by atoms with Gasteiger partial charge in [0, 0.05) is 43.7 Å². The van der Waals surface area contributed by atoms with E-state index in [-0.39, 0.29) is 10.6 Å². The Kier molecular flexibility index (Phi) is 3.67. The Hall–Kier alpha value is -2.23. The van der Waals surface area contributed by atoms with Crippen molar-refractivity contribution in [1.29, 1.82) is 0 Å². The van der Waals surface area contributed by atoms with Gasteiger partial charge in [-0.25, -0.2) is 8.42 Å². The minimum absolute atomic E-state index is 0.0874. The Morgan fingerprint density at radius 3 is 2.56 bits per heavy atom. The van der Waals surface area contributed by atoms with E-state index in [1.807, 2.05) is 18.3 Å². The first-order valence-electron chi connectivity index (χ1n) is 8.09. The molecule has 1 aromatic heterocycles. The summed E-state index contributed by atoms with van der Waals surface area (Å²) in [4.78, 5) is 10.4. The highest BCUT2D eigenvalue weighted by molar-refractivity contribution is 7.89. The average molecular weight is 362 g/mol. The number of nitrogens with one attached hydrogen (secondary N) is 1. The average Bonchev–Trinajstić information content (AvgIpc) is 3.25. The molecule has 2 aliphatic heterocycles. The van der Waals surface area contributed by atoms with Crippen LogP contribution in [0.5, 0.6) is 0 Å². The first kappa shape index (κ1) is 16.2. The molecule has 8 nitrogen and oxygen atoms in total. The van der Waals surface area contributed by atoms with Crippen molar-refractivity contribution in [2.75, 3.05) is 19.6 Å². The van der Waals surface area contributed by atoms with Gasteiger partial charge < -0.3 is 9.88 Å². The van der Waals surface area contributed by atoms with Gasteiger partial charge in [0.1, 0.15) is 0 Å². The number of aromatic nitrogens is 1. The van der Waals surface area contributed by atoms with Crippen molar-refractivity contribution < 1.29 is 13.3 Å². The highest BCUT2D eigenvalue weighted by Gasteiger charge is 2.50. The van der Waals surface area contributed by atoms with Crippen LogP contribution in [-0.4, -0.2) is 41.8 Å². The van der Waals surface area contributed by atoms with Crippen LogP contribution in [0, 0.1) is 10.1 Å². The van der Waals surface area contributed by atoms with Crippen molar-refractivity contribution in [3.63, 3.8) is 0 Å². The number of sulfonamides is 1. The van der Waals surface area contributed by atoms with Crippen molar-refractivity contribution in [1.82, 2.24) is 14.2 Å². The van der Waals surface area contributed by atoms with Crippen molar-refractivity contribution in [3.05, 3.63) is 58.4 Å². The van der Waals surface area contributed by atoms with Crippen LogP contribution in [0.1, 0.15) is 12.1 Å². The number of nitrogens with zero attached hydrogens (tertiary/aromatic N) is 3. The predicted octanol–water partition coefficient (Wildman–Crippen LogP) is 1.29. The van der Waals surface area contributed by atoms with E-state index in [9.17, 15) is 18.5 Å². The Balaban J connectivity index is 1.78. The second-order valence-corrected chi connectivity index (χ2v) is 8.24. The Bertz CT molecular complexity index is 914. The fraction of sp³-hybridized carbons (Fsp3) is 0.375. The van der Waals surface area contributed by atoms with Crippen LogP contribution in [0.3, 0.4) is 0 Å². The summed E-state index contributed by atoms with van der Waals surface area (Å²) in [6.45, 7) is 2.28. The van der Waals surface area contributed by atoms with Crippen LogP contribution in [0.15, 0.2) is 47.5 Å². The molecule has 25 heavy (non-hydrogen) atoms. The number of fused-ring (bicyclic) bond motifs is 2. The van der Waals surface area contributed by atoms with Gasteiger partial charge in [0.25, 0.3) is 5.69 Å². The highest BCUT2D eigenvalue weighted by Crippen LogP contribution is 2.41. The SMILES string of the molecule is O=[N+]([O-])c1ccc(S(=O)(=O)N2CCn3cccc3C23CCNC3)cc1. The summed E-state index contributed by atoms with van der Waals surface area (Å²) in [6, 6.07) is 9.02. The van der Waals surface area contributed by atoms with Gasteiger partial charge in [-0.2, -0.15) is 4.31 Å². The van der Waals surface area contributed by atoms with Crippen LogP contribution >= 0.6 is 0 Å². The molecule has 132 valence electrons. The number of non-ortho nitro benzene ring substituents is 1. The van der Waals surface area contributed by atoms with Gasteiger partial charge in [0.15, 0.2) is 0 Å². The van der Waals surface area contributed by atoms with E-state index in [4.69, 9.17) is 0 Å². The lowest BCUT2D eigenvalue weighted by molar-refractivity contribution is -0.384. The van der Waals surface area contributed by atoms with Crippen LogP contribution in [-0.2, 0) is 22.1 Å². The van der Waals surface area contributed by atoms with E-state index in [2.05, 4.69) is 9.88 Å². The van der Waals surface area contributed by atoms with Crippen LogP contribution in [0.2, 0.25) is 0 Å². The third-order valence-electron chi connectivity index (χ3n) is 5.10. The zero-order chi connectivity index (χ0) is 17.7. The van der Waals surface area contributed by atoms with Crippen molar-refractivity contribution in [2.45, 2.75) is 23.4 Å². The normalized spacial score (nSPS) is 23.7. The molecule has 1 aromatic carbocycles. The highest BCUT2D eigenvalue weighted by atomic mass is 32.2. The smallest absolute Gasteiger partial charge is 0.269 e. The second kappa shape index (κ2) is 5.65. The number of benzene rings is 1. The van der Waals surface area contributed by atoms with Gasteiger partial charge in [-0.3, -0.25) is 10.1 Å². The van der Waals surface area contributed by atoms with Crippen molar-refractivity contribution in [2.24, 2.45) is 0 Å². The fourth-order valence-corrected chi connectivity index (χ4v) is 5.67. The van der Waals surface area contributed by atoms with Crippen LogP contribution in [0.25, 0.3) is 0 Å². The van der Waals surface area contributed by atoms with E-state index in [0.717, 1.165) is 12.2 Å². The molecule has 1 atom stereocenters. The molecular formula is C16H18N4O4S. The van der Waals surface area contributed by atoms with Gasteiger partial charge >= 0.3 is 0 Å². The summed E-state index contributed by atoms with van der Waals surface area (Å²) < 4.78 is 30.2. The predicted molar refractivity (Wildman–Crippen MR) is 90.6 cm³/mol. The number of nitro benzene ring substituents is 1. The standard InChI is InChI=1S/C16H18N4O4S/c21-20(22)13-3-5-14(6-4-13)25(23,24)19-11-10-18-9-1-2-15(18)16(19)7-8-17-12-16/h1-6,9,17H,7-8,10-12H2. The van der Waals surface area contributed by atoms with Crippen molar-refractivity contribution >= 4 is 15.7 Å². The molecule has 1 unspecified atom stereocenters. The Morgan fingerprint density at radius 2 is 1.92 bits per heavy atom. The lowest BCUT2D eigenvalue weighted by Crippen LogP contribution is -2.55. The van der Waals surface area contributed by atoms with Crippen molar-refractivity contribution in [3.8, 4) is 0 Å². The van der Waals surface area contributed by atoms with Gasteiger partial charge in [0.05, 0.1) is 15.4 Å². The first-order chi connectivity index (χ1) is 11.9. The molecule has 0 amide bonds. The molecule has 4 rings (SSSR count). The van der Waals surface area contributed by atoms with Crippen LogP contribution < -0.4 is 5.32 Å². The number of nitro groups is 1. The molecule has 0 bridgehead atoms. The largest absolute Gasteiger partial charge is 0.348 e. The van der Waals surface area contributed by atoms with Gasteiger partial charge in [0.2, 0.25) is 10.0 Å². The lowest BCUT2D eigenvalue weighted by Gasteiger charge is -2.44. The molecule has 1 fully saturated rings. The quantitative estimate of drug-likeness (QED) is 0.655. The zero-order valence-corrected chi connectivity index (χ0v) is 14.3. The molecule has 2 aliphatic rings. The molecule has 0 saturated carbocycles. The lowest BCUT2D eigenvalue weighted by atomic mass is 9.92. The van der Waals surface area contributed by atoms with Gasteiger partial charge in [-0.1, -0.05) is 0 Å². The maximum Gasteiger partial charge on any atom is 0.269 e. The third kappa shape index (κ3) is 2.38. The zero-order valence-electron chi connectivity index (χ0n) is 13.5. The molecule has 0 radical (unpaired) electrons. The van der Waals surface area contributed by atoms with Gasteiger partial charge in [-0.15, -0.1) is 0 Å². The molecule has 0 aliphatic carbocycles. The summed E-state index contributed by atoms with van der Waals surface area (Å²) in [7, 11) is -3.76. The summed E-state index contributed by atoms with van der Waals surface area (Å²) in [5.74, 6) is 0. The Morgan fingerprint density at radius 1 is 1.16 bits per heavy atom. The fourth-order valence-electron chi connectivity index (χ4n) is 3.90. The molecule has 1 spiro atoms. The minimum atomic E-state index is -3.76. The molecular weight excluding hydrogens is 344 g/mol. The number of hydrogen-bond donors (Lipinski definition) is 1. The molecule has 2 aromatic rings. The summed E-state index contributed by atoms with van der Waals surface area (Å²) in [6.07, 6.45) is 2.68. The monoisotopic (exact) mass is 362 g/mol. The summed E-state index contributed by atoms with van der Waals surface area (Å²) >= 11 is 0. The van der Waals surface area contributed by atoms with E-state index < -0.39 is 20.5 Å². The second-order valence-electron chi connectivity index (χ2n) is 6.37. The molecule has 1 N–H and O–H groups in total. The minimum Gasteiger partial charge on any atom is -0.348 e. The van der Waals surface area contributed by atoms with E-state index in [0.29, 0.717) is 26.1 Å². The molecule has 1 saturated heterocycles. The summed E-state index contributed by atoms with van der Waals surface area (Å²) in [5.41, 5.74) is 0.264. The first-order valence-corrected chi connectivity index (χ1v) is 9.53. The number of hydrogen-bond acceptors (Lipinski definition) is 5. The van der Waals surface area contributed by atoms with Gasteiger partial charge in [-0.05, 0) is 37.2 Å². The number of rotatable bonds is 3. The van der Waals surface area contributed by atoms with E-state index >= 15 is 0 Å². The third-order valence-corrected chi connectivity index (χ3v) is 7.08. The Labute approximate surface area is 145 Å².